The second-order valence-electron chi connectivity index (χ2n) is 9.88. The molecule has 0 aliphatic carbocycles. The zero-order chi connectivity index (χ0) is 26.9. The lowest BCUT2D eigenvalue weighted by molar-refractivity contribution is -0.216. The van der Waals surface area contributed by atoms with Crippen LogP contribution < -0.4 is 10.6 Å². The van der Waals surface area contributed by atoms with Crippen molar-refractivity contribution in [3.63, 3.8) is 0 Å². The van der Waals surface area contributed by atoms with Gasteiger partial charge in [-0.2, -0.15) is 5.06 Å². The van der Waals surface area contributed by atoms with Gasteiger partial charge in [-0.15, -0.1) is 0 Å². The van der Waals surface area contributed by atoms with Crippen LogP contribution in [0.1, 0.15) is 35.1 Å². The van der Waals surface area contributed by atoms with Gasteiger partial charge >= 0.3 is 0 Å². The molecular weight excluding hydrogens is 537 g/mol. The van der Waals surface area contributed by atoms with Crippen molar-refractivity contribution in [3.05, 3.63) is 93.4 Å². The summed E-state index contributed by atoms with van der Waals surface area (Å²) in [7, 11) is 0. The maximum absolute atomic E-state index is 12.4. The van der Waals surface area contributed by atoms with Crippen molar-refractivity contribution >= 4 is 40.7 Å². The number of hydroxylamine groups is 2. The fourth-order valence-corrected chi connectivity index (χ4v) is 5.69. The van der Waals surface area contributed by atoms with Crippen molar-refractivity contribution in [2.45, 2.75) is 45.0 Å². The molecule has 2 aliphatic heterocycles. The van der Waals surface area contributed by atoms with Gasteiger partial charge in [0.15, 0.2) is 0 Å². The molecule has 0 radical (unpaired) electrons. The number of nitrogens with one attached hydrogen (secondary N) is 2. The van der Waals surface area contributed by atoms with Crippen LogP contribution in [0.25, 0.3) is 16.8 Å². The summed E-state index contributed by atoms with van der Waals surface area (Å²) in [5, 5.41) is 8.95. The van der Waals surface area contributed by atoms with E-state index in [1.54, 1.807) is 17.3 Å². The first kappa shape index (κ1) is 26.0. The van der Waals surface area contributed by atoms with Gasteiger partial charge in [0, 0.05) is 47.2 Å². The number of carbonyl (C=O) groups is 2. The van der Waals surface area contributed by atoms with Crippen molar-refractivity contribution in [1.82, 2.24) is 25.1 Å². The Balaban J connectivity index is 1.20. The second kappa shape index (κ2) is 11.1. The summed E-state index contributed by atoms with van der Waals surface area (Å²) < 4.78 is 2.04. The van der Waals surface area contributed by atoms with Crippen LogP contribution in [0.4, 0.5) is 0 Å². The van der Waals surface area contributed by atoms with Crippen LogP contribution in [0.3, 0.4) is 0 Å². The molecule has 1 unspecified atom stereocenters. The van der Waals surface area contributed by atoms with Gasteiger partial charge in [-0.3, -0.25) is 19.7 Å². The minimum Gasteiger partial charge on any atom is -0.312 e. The molecule has 0 spiro atoms. The third-order valence-electron chi connectivity index (χ3n) is 7.25. The molecule has 2 aromatic carbocycles. The maximum Gasteiger partial charge on any atom is 0.246 e. The Labute approximate surface area is 235 Å². The van der Waals surface area contributed by atoms with Crippen molar-refractivity contribution < 1.29 is 14.4 Å². The smallest absolute Gasteiger partial charge is 0.246 e. The summed E-state index contributed by atoms with van der Waals surface area (Å²) in [6.45, 7) is 2.31. The first-order valence-corrected chi connectivity index (χ1v) is 13.7. The second-order valence-corrected chi connectivity index (χ2v) is 10.7. The molecule has 8 nitrogen and oxygen atoms in total. The van der Waals surface area contributed by atoms with Gasteiger partial charge in [-0.1, -0.05) is 41.4 Å². The number of fused-ring (bicyclic) bond motifs is 2. The van der Waals surface area contributed by atoms with Gasteiger partial charge in [0.25, 0.3) is 0 Å². The van der Waals surface area contributed by atoms with Gasteiger partial charge in [-0.05, 0) is 71.5 Å². The van der Waals surface area contributed by atoms with E-state index in [0.717, 1.165) is 52.0 Å². The number of hydrogen-bond donors (Lipinski definition) is 2. The predicted octanol–water partition coefficient (Wildman–Crippen LogP) is 4.69. The standard InChI is InChI=1S/C29H27Cl2N5O3/c30-23-4-3-19(25(31)13-23)7-8-32-14-18-11-24(28-33-9-10-35(28)15-18)20-1-2-21-17-39-36(16-22(21)12-20)26-5-6-27(37)34-29(26)38/h1-4,9-13,15,26,32H,5-8,14,16-17H2,(H,34,37,38). The fraction of sp³-hybridized carbons (Fsp3) is 0.276. The van der Waals surface area contributed by atoms with Crippen molar-refractivity contribution in [2.24, 2.45) is 0 Å². The summed E-state index contributed by atoms with van der Waals surface area (Å²) in [5.74, 6) is -0.536. The van der Waals surface area contributed by atoms with E-state index in [1.165, 1.54) is 0 Å². The van der Waals surface area contributed by atoms with Crippen molar-refractivity contribution in [3.8, 4) is 11.1 Å². The highest BCUT2D eigenvalue weighted by atomic mass is 35.5. The summed E-state index contributed by atoms with van der Waals surface area (Å²) in [6, 6.07) is 13.6. The molecule has 1 fully saturated rings. The lowest BCUT2D eigenvalue weighted by atomic mass is 9.97. The van der Waals surface area contributed by atoms with Crippen LogP contribution in [0.15, 0.2) is 61.1 Å². The molecule has 0 saturated carbocycles. The monoisotopic (exact) mass is 563 g/mol. The number of imide groups is 1. The van der Waals surface area contributed by atoms with E-state index in [0.29, 0.717) is 42.6 Å². The highest BCUT2D eigenvalue weighted by Crippen LogP contribution is 2.31. The molecule has 1 atom stereocenters. The Morgan fingerprint density at radius 1 is 1.10 bits per heavy atom. The van der Waals surface area contributed by atoms with Gasteiger partial charge < -0.3 is 9.72 Å². The lowest BCUT2D eigenvalue weighted by Crippen LogP contribution is -2.52. The Morgan fingerprint density at radius 2 is 2.00 bits per heavy atom. The largest absolute Gasteiger partial charge is 0.312 e. The van der Waals surface area contributed by atoms with Crippen LogP contribution in [0.2, 0.25) is 10.0 Å². The number of carbonyl (C=O) groups excluding carboxylic acids is 2. The van der Waals surface area contributed by atoms with Crippen LogP contribution in [0.5, 0.6) is 0 Å². The highest BCUT2D eigenvalue weighted by molar-refractivity contribution is 6.35. The predicted molar refractivity (Wildman–Crippen MR) is 149 cm³/mol. The number of halogens is 2. The summed E-state index contributed by atoms with van der Waals surface area (Å²) in [4.78, 5) is 34.5. The number of rotatable bonds is 7. The molecule has 2 aromatic heterocycles. The third kappa shape index (κ3) is 5.57. The molecule has 200 valence electrons. The quantitative estimate of drug-likeness (QED) is 0.250. The number of hydrogen-bond acceptors (Lipinski definition) is 6. The average Bonchev–Trinajstić information content (AvgIpc) is 3.40. The summed E-state index contributed by atoms with van der Waals surface area (Å²) in [6.07, 6.45) is 7.41. The maximum atomic E-state index is 12.4. The molecule has 2 aliphatic rings. The van der Waals surface area contributed by atoms with E-state index in [4.69, 9.17) is 28.0 Å². The molecule has 39 heavy (non-hydrogen) atoms. The zero-order valence-electron chi connectivity index (χ0n) is 21.1. The number of amides is 2. The average molecular weight is 564 g/mol. The summed E-state index contributed by atoms with van der Waals surface area (Å²) in [5.41, 5.74) is 7.32. The van der Waals surface area contributed by atoms with Gasteiger partial charge in [-0.25, -0.2) is 4.98 Å². The van der Waals surface area contributed by atoms with Crippen LogP contribution in [0, 0.1) is 0 Å². The van der Waals surface area contributed by atoms with E-state index >= 15 is 0 Å². The molecule has 1 saturated heterocycles. The molecular formula is C29H27Cl2N5O3. The molecule has 4 aromatic rings. The minimum atomic E-state index is -0.476. The van der Waals surface area contributed by atoms with Gasteiger partial charge in [0.2, 0.25) is 11.8 Å². The Morgan fingerprint density at radius 3 is 2.85 bits per heavy atom. The van der Waals surface area contributed by atoms with Crippen LogP contribution in [-0.2, 0) is 40.5 Å². The Bertz CT molecular complexity index is 1570. The van der Waals surface area contributed by atoms with E-state index < -0.39 is 6.04 Å². The molecule has 0 bridgehead atoms. The summed E-state index contributed by atoms with van der Waals surface area (Å²) >= 11 is 12.3. The first-order chi connectivity index (χ1) is 18.9. The normalized spacial score (nSPS) is 17.8. The van der Waals surface area contributed by atoms with Gasteiger partial charge in [0.1, 0.15) is 11.7 Å². The van der Waals surface area contributed by atoms with Crippen molar-refractivity contribution in [2.75, 3.05) is 6.54 Å². The van der Waals surface area contributed by atoms with Crippen LogP contribution in [-0.4, -0.2) is 38.8 Å². The number of piperidine rings is 1. The highest BCUT2D eigenvalue weighted by Gasteiger charge is 2.34. The Hall–Kier alpha value is -3.27. The number of pyridine rings is 1. The third-order valence-corrected chi connectivity index (χ3v) is 7.83. The van der Waals surface area contributed by atoms with Crippen molar-refractivity contribution in [1.29, 1.82) is 0 Å². The van der Waals surface area contributed by atoms with E-state index in [2.05, 4.69) is 46.1 Å². The molecule has 6 rings (SSSR count). The van der Waals surface area contributed by atoms with Gasteiger partial charge in [0.05, 0.1) is 13.2 Å². The Kier molecular flexibility index (Phi) is 7.38. The fourth-order valence-electron chi connectivity index (χ4n) is 5.19. The van der Waals surface area contributed by atoms with E-state index in [-0.39, 0.29) is 11.8 Å². The molecule has 10 heteroatoms. The molecule has 4 heterocycles. The topological polar surface area (TPSA) is 88.0 Å². The number of nitrogens with zero attached hydrogens (tertiary/aromatic N) is 3. The van der Waals surface area contributed by atoms with Crippen LogP contribution >= 0.6 is 23.2 Å². The lowest BCUT2D eigenvalue weighted by Gasteiger charge is -2.35. The van der Waals surface area contributed by atoms with E-state index in [1.807, 2.05) is 22.7 Å². The van der Waals surface area contributed by atoms with E-state index in [9.17, 15) is 9.59 Å². The zero-order valence-corrected chi connectivity index (χ0v) is 22.6. The minimum absolute atomic E-state index is 0.234. The molecule has 2 N–H and O–H groups in total. The number of benzene rings is 2. The number of imidazole rings is 1. The number of aromatic nitrogens is 2. The molecule has 2 amide bonds. The first-order valence-electron chi connectivity index (χ1n) is 12.9. The SMILES string of the molecule is O=C1CCC(N2Cc3cc(-c4cc(CNCCc5ccc(Cl)cc5Cl)cn5ccnc45)ccc3CO2)C(=O)N1.